The van der Waals surface area contributed by atoms with Crippen LogP contribution in [0.1, 0.15) is 50.3 Å². The van der Waals surface area contributed by atoms with E-state index in [4.69, 9.17) is 19.6 Å². The van der Waals surface area contributed by atoms with Gasteiger partial charge in [0.2, 0.25) is 0 Å². The van der Waals surface area contributed by atoms with Gasteiger partial charge in [0.15, 0.2) is 0 Å². The van der Waals surface area contributed by atoms with Crippen LogP contribution >= 0.6 is 0 Å². The molecule has 1 saturated heterocycles. The molecule has 7 nitrogen and oxygen atoms in total. The summed E-state index contributed by atoms with van der Waals surface area (Å²) in [6, 6.07) is 10.9. The van der Waals surface area contributed by atoms with Gasteiger partial charge in [0.1, 0.15) is 17.4 Å². The average molecular weight is 570 g/mol. The molecular formula is C31H34F3N3O4. The molecular weight excluding hydrogens is 535 g/mol. The Morgan fingerprint density at radius 2 is 1.88 bits per heavy atom. The highest BCUT2D eigenvalue weighted by molar-refractivity contribution is 6.25. The average Bonchev–Trinajstić information content (AvgIpc) is 2.90. The molecule has 0 spiro atoms. The van der Waals surface area contributed by atoms with Crippen LogP contribution in [0.5, 0.6) is 5.75 Å². The van der Waals surface area contributed by atoms with Crippen molar-refractivity contribution in [1.82, 2.24) is 4.90 Å². The van der Waals surface area contributed by atoms with E-state index in [-0.39, 0.29) is 29.6 Å². The van der Waals surface area contributed by atoms with Gasteiger partial charge in [-0.05, 0) is 61.6 Å². The van der Waals surface area contributed by atoms with Crippen molar-refractivity contribution >= 4 is 35.0 Å². The number of halogens is 3. The molecule has 41 heavy (non-hydrogen) atoms. The number of aliphatic carboxylic acids is 1. The molecule has 1 N–H and O–H groups in total. The molecule has 218 valence electrons. The van der Waals surface area contributed by atoms with Gasteiger partial charge in [0.25, 0.3) is 0 Å². The van der Waals surface area contributed by atoms with Crippen LogP contribution in [0.15, 0.2) is 64.6 Å². The lowest BCUT2D eigenvalue weighted by Gasteiger charge is -2.38. The number of hydrogen-bond acceptors (Lipinski definition) is 5. The standard InChI is InChI=1S/C31H34F3N3O4/c1-19-8-10-28(35-25-14-24(31(32,33)34)15-26(16-25)40-4)36-30(37-17-20(2)41-21(3)18-37)27(12-19)23-7-5-6-22(13-23)9-11-29(38)39/h5-7,9,11-16,19-21H,8,10,17-18H2,1-4H3,(H,38,39)/b11-9+,27-12-,35-28?,36-30?. The maximum Gasteiger partial charge on any atom is 0.416 e. The number of carboxylic acid groups (broad SMARTS) is 1. The smallest absolute Gasteiger partial charge is 0.416 e. The molecule has 0 aliphatic carbocycles. The van der Waals surface area contributed by atoms with Gasteiger partial charge >= 0.3 is 12.1 Å². The van der Waals surface area contributed by atoms with E-state index in [1.54, 1.807) is 0 Å². The first-order valence-corrected chi connectivity index (χ1v) is 13.5. The van der Waals surface area contributed by atoms with Gasteiger partial charge in [-0.3, -0.25) is 0 Å². The fraction of sp³-hybridized carbons (Fsp3) is 0.387. The van der Waals surface area contributed by atoms with E-state index >= 15 is 0 Å². The van der Waals surface area contributed by atoms with Crippen molar-refractivity contribution in [3.8, 4) is 5.75 Å². The van der Waals surface area contributed by atoms with Crippen molar-refractivity contribution in [2.24, 2.45) is 15.9 Å². The Labute approximate surface area is 237 Å². The number of aliphatic imine (C=N–C) groups is 2. The van der Waals surface area contributed by atoms with Gasteiger partial charge in [0.05, 0.1) is 30.6 Å². The lowest BCUT2D eigenvalue weighted by Crippen LogP contribution is -2.48. The second-order valence-corrected chi connectivity index (χ2v) is 10.4. The molecule has 3 unspecified atom stereocenters. The number of rotatable bonds is 5. The number of carbonyl (C=O) groups is 1. The SMILES string of the molecule is COc1cc(N=C2CCC(C)/C=C(/c3cccc(/C=C/C(=O)O)c3)C(N3CC(C)OC(C)C3)=N2)cc(C(F)(F)F)c1. The minimum absolute atomic E-state index is 0.0604. The molecule has 2 aromatic carbocycles. The Morgan fingerprint density at radius 1 is 1.15 bits per heavy atom. The van der Waals surface area contributed by atoms with E-state index in [1.165, 1.54) is 19.3 Å². The van der Waals surface area contributed by atoms with Gasteiger partial charge in [-0.25, -0.2) is 14.8 Å². The number of alkyl halides is 3. The molecule has 2 aliphatic rings. The number of carboxylic acids is 1. The molecule has 0 radical (unpaired) electrons. The van der Waals surface area contributed by atoms with Gasteiger partial charge in [0, 0.05) is 37.2 Å². The quantitative estimate of drug-likeness (QED) is 0.398. The summed E-state index contributed by atoms with van der Waals surface area (Å²) in [5, 5.41) is 9.08. The largest absolute Gasteiger partial charge is 0.497 e. The van der Waals surface area contributed by atoms with Gasteiger partial charge in [-0.15, -0.1) is 0 Å². The second kappa shape index (κ2) is 12.7. The Morgan fingerprint density at radius 3 is 2.54 bits per heavy atom. The molecule has 2 aromatic rings. The zero-order chi connectivity index (χ0) is 29.7. The predicted octanol–water partition coefficient (Wildman–Crippen LogP) is 6.86. The summed E-state index contributed by atoms with van der Waals surface area (Å²) < 4.78 is 51.8. The van der Waals surface area contributed by atoms with Crippen LogP contribution < -0.4 is 4.74 Å². The van der Waals surface area contributed by atoms with E-state index < -0.39 is 17.7 Å². The minimum Gasteiger partial charge on any atom is -0.497 e. The minimum atomic E-state index is -4.55. The zero-order valence-corrected chi connectivity index (χ0v) is 23.5. The molecule has 4 rings (SSSR count). The summed E-state index contributed by atoms with van der Waals surface area (Å²) in [5.41, 5.74) is 1.67. The van der Waals surface area contributed by atoms with Crippen LogP contribution in [0.4, 0.5) is 18.9 Å². The maximum atomic E-state index is 13.6. The molecule has 0 aromatic heterocycles. The van der Waals surface area contributed by atoms with Crippen LogP contribution in [0, 0.1) is 5.92 Å². The monoisotopic (exact) mass is 569 g/mol. The Hall–Kier alpha value is -3.92. The van der Waals surface area contributed by atoms with Gasteiger partial charge in [-0.2, -0.15) is 13.2 Å². The topological polar surface area (TPSA) is 83.7 Å². The van der Waals surface area contributed by atoms with Crippen LogP contribution in [0.25, 0.3) is 11.6 Å². The van der Waals surface area contributed by atoms with Crippen LogP contribution in [0.2, 0.25) is 0 Å². The lowest BCUT2D eigenvalue weighted by atomic mass is 9.93. The highest BCUT2D eigenvalue weighted by Crippen LogP contribution is 2.36. The van der Waals surface area contributed by atoms with Crippen LogP contribution in [0.3, 0.4) is 0 Å². The summed E-state index contributed by atoms with van der Waals surface area (Å²) in [5.74, 6) is 0.180. The van der Waals surface area contributed by atoms with E-state index in [9.17, 15) is 18.0 Å². The third-order valence-corrected chi connectivity index (χ3v) is 6.80. The first-order valence-electron chi connectivity index (χ1n) is 13.5. The van der Waals surface area contributed by atoms with Crippen molar-refractivity contribution in [3.63, 3.8) is 0 Å². The first kappa shape index (κ1) is 30.0. The number of ether oxygens (including phenoxy) is 2. The molecule has 2 aliphatic heterocycles. The molecule has 2 heterocycles. The molecule has 0 amide bonds. The number of nitrogens with zero attached hydrogens (tertiary/aromatic N) is 3. The molecule has 0 bridgehead atoms. The highest BCUT2D eigenvalue weighted by Gasteiger charge is 2.32. The Bertz CT molecular complexity index is 1390. The third kappa shape index (κ3) is 8.07. The predicted molar refractivity (Wildman–Crippen MR) is 154 cm³/mol. The van der Waals surface area contributed by atoms with Crippen molar-refractivity contribution in [3.05, 3.63) is 71.3 Å². The number of allylic oxidation sites excluding steroid dienone is 1. The van der Waals surface area contributed by atoms with E-state index in [1.807, 2.05) is 38.1 Å². The molecule has 10 heteroatoms. The van der Waals surface area contributed by atoms with Gasteiger partial charge < -0.3 is 19.5 Å². The van der Waals surface area contributed by atoms with Crippen molar-refractivity contribution < 1.29 is 32.5 Å². The fourth-order valence-corrected chi connectivity index (χ4v) is 4.99. The van der Waals surface area contributed by atoms with E-state index in [0.717, 1.165) is 29.3 Å². The van der Waals surface area contributed by atoms with Crippen molar-refractivity contribution in [1.29, 1.82) is 0 Å². The molecule has 1 fully saturated rings. The number of benzene rings is 2. The van der Waals surface area contributed by atoms with Crippen LogP contribution in [-0.4, -0.2) is 60.1 Å². The normalized spacial score (nSPS) is 24.4. The number of hydrogen-bond donors (Lipinski definition) is 1. The third-order valence-electron chi connectivity index (χ3n) is 6.80. The van der Waals surface area contributed by atoms with E-state index in [2.05, 4.69) is 22.9 Å². The Balaban J connectivity index is 1.87. The number of morpholine rings is 1. The summed E-state index contributed by atoms with van der Waals surface area (Å²) in [7, 11) is 1.32. The first-order chi connectivity index (χ1) is 19.4. The Kier molecular flexibility index (Phi) is 9.32. The summed E-state index contributed by atoms with van der Waals surface area (Å²) in [4.78, 5) is 22.8. The number of amidine groups is 2. The molecule has 0 saturated carbocycles. The van der Waals surface area contributed by atoms with E-state index in [0.29, 0.717) is 43.2 Å². The summed E-state index contributed by atoms with van der Waals surface area (Å²) in [6.45, 7) is 7.18. The number of methoxy groups -OCH3 is 1. The van der Waals surface area contributed by atoms with Crippen molar-refractivity contribution in [2.45, 2.75) is 52.0 Å². The van der Waals surface area contributed by atoms with Crippen molar-refractivity contribution in [2.75, 3.05) is 20.2 Å². The van der Waals surface area contributed by atoms with Crippen LogP contribution in [-0.2, 0) is 15.7 Å². The maximum absolute atomic E-state index is 13.6. The molecule has 3 atom stereocenters. The zero-order valence-electron chi connectivity index (χ0n) is 23.5. The lowest BCUT2D eigenvalue weighted by molar-refractivity contribution is -0.137. The fourth-order valence-electron chi connectivity index (χ4n) is 4.99. The second-order valence-electron chi connectivity index (χ2n) is 10.4. The highest BCUT2D eigenvalue weighted by atomic mass is 19.4. The summed E-state index contributed by atoms with van der Waals surface area (Å²) >= 11 is 0. The summed E-state index contributed by atoms with van der Waals surface area (Å²) in [6.07, 6.45) is 1.22. The van der Waals surface area contributed by atoms with Gasteiger partial charge in [-0.1, -0.05) is 31.2 Å².